The molecule has 1 heterocycles. The number of pyridine rings is 1. The molecule has 0 radical (unpaired) electrons. The molecule has 12 heavy (non-hydrogen) atoms. The first kappa shape index (κ1) is 8.53. The normalized spacial score (nSPS) is 10.4. The molecule has 0 fully saturated rings. The third-order valence-electron chi connectivity index (χ3n) is 1.59. The molecule has 2 nitrogen and oxygen atoms in total. The van der Waals surface area contributed by atoms with Crippen molar-refractivity contribution in [2.45, 2.75) is 6.92 Å². The number of hydrogen-bond donors (Lipinski definition) is 1. The van der Waals surface area contributed by atoms with E-state index in [0.717, 1.165) is 5.56 Å². The van der Waals surface area contributed by atoms with Crippen molar-refractivity contribution in [3.8, 4) is 0 Å². The third kappa shape index (κ3) is 1.53. The molecule has 1 N–H and O–H groups in total. The van der Waals surface area contributed by atoms with Crippen molar-refractivity contribution >= 4 is 12.2 Å². The largest absolute Gasteiger partial charge is 0.329 e. The number of nitrogens with one attached hydrogen (secondary N) is 1. The van der Waals surface area contributed by atoms with Crippen molar-refractivity contribution in [2.75, 3.05) is 0 Å². The van der Waals surface area contributed by atoms with Gasteiger partial charge in [0.25, 0.3) is 5.56 Å². The summed E-state index contributed by atoms with van der Waals surface area (Å²) < 4.78 is 0. The number of hydrogen-bond acceptors (Lipinski definition) is 1. The maximum Gasteiger partial charge on any atom is 0.255 e. The van der Waals surface area contributed by atoms with Crippen molar-refractivity contribution in [3.05, 3.63) is 46.4 Å². The van der Waals surface area contributed by atoms with Gasteiger partial charge < -0.3 is 4.98 Å². The van der Waals surface area contributed by atoms with Crippen molar-refractivity contribution < 1.29 is 0 Å². The van der Waals surface area contributed by atoms with Gasteiger partial charge in [0.2, 0.25) is 0 Å². The van der Waals surface area contributed by atoms with Gasteiger partial charge >= 0.3 is 0 Å². The Morgan fingerprint density at radius 2 is 2.33 bits per heavy atom. The quantitative estimate of drug-likeness (QED) is 0.707. The first-order valence-corrected chi connectivity index (χ1v) is 3.76. The first-order chi connectivity index (χ1) is 5.79. The van der Waals surface area contributed by atoms with E-state index >= 15 is 0 Å². The van der Waals surface area contributed by atoms with Crippen molar-refractivity contribution in [1.82, 2.24) is 4.98 Å². The fourth-order valence-corrected chi connectivity index (χ4v) is 1.02. The van der Waals surface area contributed by atoms with Crippen LogP contribution in [-0.4, -0.2) is 4.98 Å². The van der Waals surface area contributed by atoms with E-state index in [1.807, 2.05) is 19.1 Å². The molecule has 0 amide bonds. The Balaban J connectivity index is 3.39. The lowest BCUT2D eigenvalue weighted by Gasteiger charge is -1.96. The van der Waals surface area contributed by atoms with Crippen molar-refractivity contribution in [3.63, 3.8) is 0 Å². The van der Waals surface area contributed by atoms with E-state index < -0.39 is 0 Å². The Labute approximate surface area is 71.3 Å². The van der Waals surface area contributed by atoms with Crippen LogP contribution in [0.5, 0.6) is 0 Å². The number of allylic oxidation sites excluding steroid dienone is 1. The van der Waals surface area contributed by atoms with Gasteiger partial charge in [0.05, 0.1) is 0 Å². The Morgan fingerprint density at radius 3 is 2.92 bits per heavy atom. The summed E-state index contributed by atoms with van der Waals surface area (Å²) in [6.07, 6.45) is 6.89. The van der Waals surface area contributed by atoms with Crippen molar-refractivity contribution in [1.29, 1.82) is 0 Å². The molecule has 0 aliphatic rings. The van der Waals surface area contributed by atoms with Gasteiger partial charge in [-0.1, -0.05) is 24.8 Å². The van der Waals surface area contributed by atoms with E-state index in [-0.39, 0.29) is 5.56 Å². The average molecular weight is 161 g/mol. The second-order valence-corrected chi connectivity index (χ2v) is 2.38. The maximum atomic E-state index is 11.2. The van der Waals surface area contributed by atoms with Crippen LogP contribution in [-0.2, 0) is 0 Å². The van der Waals surface area contributed by atoms with E-state index in [9.17, 15) is 4.79 Å². The highest BCUT2D eigenvalue weighted by Gasteiger charge is 1.98. The minimum atomic E-state index is -0.0782. The zero-order valence-corrected chi connectivity index (χ0v) is 7.00. The van der Waals surface area contributed by atoms with Crippen LogP contribution in [0.3, 0.4) is 0 Å². The van der Waals surface area contributed by atoms with Crippen LogP contribution in [0.1, 0.15) is 18.1 Å². The lowest BCUT2D eigenvalue weighted by Crippen LogP contribution is -2.09. The summed E-state index contributed by atoms with van der Waals surface area (Å²) in [4.78, 5) is 13.8. The summed E-state index contributed by atoms with van der Waals surface area (Å²) in [7, 11) is 0. The summed E-state index contributed by atoms with van der Waals surface area (Å²) in [6.45, 7) is 5.50. The van der Waals surface area contributed by atoms with Gasteiger partial charge in [0.15, 0.2) is 0 Å². The lowest BCUT2D eigenvalue weighted by atomic mass is 10.1. The van der Waals surface area contributed by atoms with Crippen LogP contribution in [0.15, 0.2) is 29.7 Å². The zero-order chi connectivity index (χ0) is 8.97. The minimum absolute atomic E-state index is 0.0782. The number of rotatable bonds is 2. The van der Waals surface area contributed by atoms with Gasteiger partial charge in [-0.05, 0) is 18.6 Å². The van der Waals surface area contributed by atoms with Crippen LogP contribution in [0, 0.1) is 0 Å². The van der Waals surface area contributed by atoms with Gasteiger partial charge in [-0.3, -0.25) is 4.79 Å². The van der Waals surface area contributed by atoms with Gasteiger partial charge in [0.1, 0.15) is 0 Å². The number of aromatic nitrogens is 1. The third-order valence-corrected chi connectivity index (χ3v) is 1.59. The van der Waals surface area contributed by atoms with Crippen LogP contribution in [0.25, 0.3) is 12.2 Å². The molecule has 0 aromatic carbocycles. The van der Waals surface area contributed by atoms with E-state index in [4.69, 9.17) is 0 Å². The molecule has 1 aromatic rings. The molecule has 0 unspecified atom stereocenters. The molecule has 2 heteroatoms. The molecule has 0 saturated carbocycles. The highest BCUT2D eigenvalue weighted by Crippen LogP contribution is 2.05. The zero-order valence-electron chi connectivity index (χ0n) is 7.00. The first-order valence-electron chi connectivity index (χ1n) is 3.76. The molecule has 0 aliphatic heterocycles. The van der Waals surface area contributed by atoms with Crippen LogP contribution in [0.4, 0.5) is 0 Å². The molecule has 0 aliphatic carbocycles. The molecular formula is C10H11NO. The van der Waals surface area contributed by atoms with E-state index in [0.29, 0.717) is 5.56 Å². The Hall–Kier alpha value is -1.57. The molecule has 1 rings (SSSR count). The summed E-state index contributed by atoms with van der Waals surface area (Å²) in [5.74, 6) is 0. The second-order valence-electron chi connectivity index (χ2n) is 2.38. The predicted octanol–water partition coefficient (Wildman–Crippen LogP) is 2.05. The number of aromatic amines is 1. The van der Waals surface area contributed by atoms with Crippen LogP contribution >= 0.6 is 0 Å². The Morgan fingerprint density at radius 1 is 1.58 bits per heavy atom. The molecule has 0 bridgehead atoms. The molecule has 0 spiro atoms. The average Bonchev–Trinajstić information content (AvgIpc) is 2.09. The van der Waals surface area contributed by atoms with Gasteiger partial charge in [-0.15, -0.1) is 0 Å². The number of H-pyrrole nitrogens is 1. The molecule has 0 atom stereocenters. The van der Waals surface area contributed by atoms with Crippen LogP contribution < -0.4 is 5.56 Å². The van der Waals surface area contributed by atoms with Crippen LogP contribution in [0.2, 0.25) is 0 Å². The second kappa shape index (κ2) is 3.72. The van der Waals surface area contributed by atoms with Gasteiger partial charge in [-0.25, -0.2) is 0 Å². The molecule has 62 valence electrons. The fraction of sp³-hybridized carbons (Fsp3) is 0.100. The van der Waals surface area contributed by atoms with E-state index in [2.05, 4.69) is 11.6 Å². The highest BCUT2D eigenvalue weighted by molar-refractivity contribution is 5.62. The van der Waals surface area contributed by atoms with Gasteiger partial charge in [-0.2, -0.15) is 0 Å². The highest BCUT2D eigenvalue weighted by atomic mass is 16.1. The minimum Gasteiger partial charge on any atom is -0.329 e. The summed E-state index contributed by atoms with van der Waals surface area (Å²) in [5.41, 5.74) is 1.44. The van der Waals surface area contributed by atoms with E-state index in [1.54, 1.807) is 18.3 Å². The Kier molecular flexibility index (Phi) is 2.64. The van der Waals surface area contributed by atoms with Gasteiger partial charge in [0, 0.05) is 11.8 Å². The van der Waals surface area contributed by atoms with Crippen molar-refractivity contribution in [2.24, 2.45) is 0 Å². The summed E-state index contributed by atoms with van der Waals surface area (Å²) in [5, 5.41) is 0. The molecular weight excluding hydrogens is 150 g/mol. The molecule has 1 aromatic heterocycles. The Bertz CT molecular complexity index is 360. The fourth-order valence-electron chi connectivity index (χ4n) is 1.02. The smallest absolute Gasteiger partial charge is 0.255 e. The molecule has 0 saturated heterocycles. The predicted molar refractivity (Wildman–Crippen MR) is 51.9 cm³/mol. The summed E-state index contributed by atoms with van der Waals surface area (Å²) >= 11 is 0. The topological polar surface area (TPSA) is 32.9 Å². The SMILES string of the molecule is C=Cc1cc[nH]c(=O)c1/C=C\C. The van der Waals surface area contributed by atoms with E-state index in [1.165, 1.54) is 0 Å². The summed E-state index contributed by atoms with van der Waals surface area (Å²) in [6, 6.07) is 1.82. The maximum absolute atomic E-state index is 11.2. The monoisotopic (exact) mass is 161 g/mol. The lowest BCUT2D eigenvalue weighted by molar-refractivity contribution is 1.22. The standard InChI is InChI=1S/C10H11NO/c1-3-5-9-8(4-2)6-7-11-10(9)12/h3-7H,2H2,1H3,(H,11,12)/b5-3-.